The molecule has 1 fully saturated rings. The monoisotopic (exact) mass is 277 g/mol. The Morgan fingerprint density at radius 2 is 2.18 bits per heavy atom. The zero-order chi connectivity index (χ0) is 11.8. The predicted octanol–water partition coefficient (Wildman–Crippen LogP) is 0.471. The van der Waals surface area contributed by atoms with Crippen molar-refractivity contribution in [3.8, 4) is 0 Å². The van der Waals surface area contributed by atoms with Crippen molar-refractivity contribution in [1.82, 2.24) is 9.29 Å². The molecule has 2 rings (SSSR count). The average molecular weight is 278 g/mol. The van der Waals surface area contributed by atoms with Gasteiger partial charge in [0, 0.05) is 31.5 Å². The Morgan fingerprint density at radius 1 is 1.47 bits per heavy atom. The van der Waals surface area contributed by atoms with E-state index in [4.69, 9.17) is 5.73 Å². The lowest BCUT2D eigenvalue weighted by Gasteiger charge is -2.15. The predicted molar refractivity (Wildman–Crippen MR) is 67.4 cm³/mol. The van der Waals surface area contributed by atoms with Crippen LogP contribution in [0.5, 0.6) is 0 Å². The van der Waals surface area contributed by atoms with Crippen LogP contribution in [0.2, 0.25) is 0 Å². The van der Waals surface area contributed by atoms with Gasteiger partial charge in [-0.15, -0.1) is 12.4 Å². The number of aromatic nitrogens is 1. The molecule has 1 aromatic rings. The molecular weight excluding hydrogens is 262 g/mol. The minimum absolute atomic E-state index is 0. The van der Waals surface area contributed by atoms with Crippen LogP contribution >= 0.6 is 12.4 Å². The molecule has 7 heteroatoms. The van der Waals surface area contributed by atoms with Crippen LogP contribution in [-0.2, 0) is 10.0 Å². The highest BCUT2D eigenvalue weighted by Crippen LogP contribution is 2.22. The number of nitrogens with zero attached hydrogens (tertiary/aromatic N) is 2. The molecule has 96 valence electrons. The molecule has 0 radical (unpaired) electrons. The summed E-state index contributed by atoms with van der Waals surface area (Å²) in [7, 11) is -3.41. The van der Waals surface area contributed by atoms with Gasteiger partial charge < -0.3 is 5.73 Å². The first-order valence-corrected chi connectivity index (χ1v) is 6.61. The lowest BCUT2D eigenvalue weighted by atomic mass is 10.1. The third kappa shape index (κ3) is 2.77. The van der Waals surface area contributed by atoms with E-state index in [-0.39, 0.29) is 29.3 Å². The van der Waals surface area contributed by atoms with Gasteiger partial charge in [0.25, 0.3) is 0 Å². The minimum atomic E-state index is -3.41. The van der Waals surface area contributed by atoms with Gasteiger partial charge >= 0.3 is 0 Å². The van der Waals surface area contributed by atoms with E-state index >= 15 is 0 Å². The lowest BCUT2D eigenvalue weighted by Crippen LogP contribution is -2.32. The largest absolute Gasteiger partial charge is 0.326 e. The first-order valence-electron chi connectivity index (χ1n) is 5.17. The van der Waals surface area contributed by atoms with Gasteiger partial charge in [-0.25, -0.2) is 8.42 Å². The van der Waals surface area contributed by atoms with Crippen molar-refractivity contribution in [3.63, 3.8) is 0 Å². The smallest absolute Gasteiger partial charge is 0.244 e. The minimum Gasteiger partial charge on any atom is -0.326 e. The molecule has 1 aliphatic heterocycles. The third-order valence-corrected chi connectivity index (χ3v) is 4.72. The van der Waals surface area contributed by atoms with Gasteiger partial charge in [0.05, 0.1) is 0 Å². The number of rotatable bonds is 2. The summed E-state index contributed by atoms with van der Waals surface area (Å²) >= 11 is 0. The zero-order valence-corrected chi connectivity index (χ0v) is 11.1. The Labute approximate surface area is 107 Å². The van der Waals surface area contributed by atoms with E-state index < -0.39 is 10.0 Å². The topological polar surface area (TPSA) is 76.3 Å². The van der Waals surface area contributed by atoms with Crippen molar-refractivity contribution < 1.29 is 8.42 Å². The van der Waals surface area contributed by atoms with Gasteiger partial charge in [0.1, 0.15) is 4.90 Å². The van der Waals surface area contributed by atoms with Gasteiger partial charge in [-0.1, -0.05) is 6.92 Å². The van der Waals surface area contributed by atoms with E-state index in [1.807, 2.05) is 6.92 Å². The molecule has 2 atom stereocenters. The fourth-order valence-corrected chi connectivity index (χ4v) is 3.33. The Kier molecular flexibility index (Phi) is 4.48. The number of hydrogen-bond acceptors (Lipinski definition) is 4. The van der Waals surface area contributed by atoms with Crippen molar-refractivity contribution in [1.29, 1.82) is 0 Å². The van der Waals surface area contributed by atoms with Gasteiger partial charge in [-0.05, 0) is 18.1 Å². The molecule has 0 spiro atoms. The zero-order valence-electron chi connectivity index (χ0n) is 9.48. The summed E-state index contributed by atoms with van der Waals surface area (Å²) in [5.41, 5.74) is 5.82. The summed E-state index contributed by atoms with van der Waals surface area (Å²) in [5.74, 6) is 0.200. The maximum absolute atomic E-state index is 12.2. The van der Waals surface area contributed by atoms with Gasteiger partial charge in [-0.3, -0.25) is 4.98 Å². The number of halogens is 1. The van der Waals surface area contributed by atoms with E-state index in [0.29, 0.717) is 13.1 Å². The summed E-state index contributed by atoms with van der Waals surface area (Å²) in [6, 6.07) is 3.09. The molecular formula is C10H16ClN3O2S. The van der Waals surface area contributed by atoms with Crippen LogP contribution in [0.25, 0.3) is 0 Å². The third-order valence-electron chi connectivity index (χ3n) is 2.91. The second-order valence-corrected chi connectivity index (χ2v) is 6.09. The van der Waals surface area contributed by atoms with Crippen LogP contribution in [0, 0.1) is 5.92 Å². The average Bonchev–Trinajstić information content (AvgIpc) is 2.61. The van der Waals surface area contributed by atoms with Gasteiger partial charge in [0.2, 0.25) is 10.0 Å². The quantitative estimate of drug-likeness (QED) is 0.853. The lowest BCUT2D eigenvalue weighted by molar-refractivity contribution is 0.464. The van der Waals surface area contributed by atoms with Crippen molar-refractivity contribution in [2.45, 2.75) is 17.9 Å². The molecule has 2 N–H and O–H groups in total. The van der Waals surface area contributed by atoms with Crippen molar-refractivity contribution >= 4 is 22.4 Å². The number of sulfonamides is 1. The van der Waals surface area contributed by atoms with E-state index in [1.54, 1.807) is 18.3 Å². The second-order valence-electron chi connectivity index (χ2n) is 4.15. The van der Waals surface area contributed by atoms with Gasteiger partial charge in [-0.2, -0.15) is 4.31 Å². The standard InChI is InChI=1S/C10H15N3O2S.ClH/c1-8-6-13(7-10(8)11)16(14,15)9-3-2-4-12-5-9;/h2-5,8,10H,6-7,11H2,1H3;1H. The SMILES string of the molecule is CC1CN(S(=O)(=O)c2cccnc2)CC1N.Cl. The van der Waals surface area contributed by atoms with Crippen LogP contribution < -0.4 is 5.73 Å². The van der Waals surface area contributed by atoms with E-state index in [2.05, 4.69) is 4.98 Å². The second kappa shape index (κ2) is 5.30. The normalized spacial score (nSPS) is 25.5. The fourth-order valence-electron chi connectivity index (χ4n) is 1.79. The Hall–Kier alpha value is -0.690. The summed E-state index contributed by atoms with van der Waals surface area (Å²) in [5, 5.41) is 0. The molecule has 0 bridgehead atoms. The van der Waals surface area contributed by atoms with E-state index in [9.17, 15) is 8.42 Å². The highest BCUT2D eigenvalue weighted by molar-refractivity contribution is 7.89. The Morgan fingerprint density at radius 3 is 2.65 bits per heavy atom. The summed E-state index contributed by atoms with van der Waals surface area (Å²) in [6.07, 6.45) is 2.92. The van der Waals surface area contributed by atoms with Crippen LogP contribution in [0.15, 0.2) is 29.4 Å². The van der Waals surface area contributed by atoms with E-state index in [0.717, 1.165) is 0 Å². The summed E-state index contributed by atoms with van der Waals surface area (Å²) < 4.78 is 25.7. The van der Waals surface area contributed by atoms with Crippen molar-refractivity contribution in [3.05, 3.63) is 24.5 Å². The molecule has 2 heterocycles. The molecule has 0 saturated carbocycles. The van der Waals surface area contributed by atoms with Crippen LogP contribution in [-0.4, -0.2) is 36.8 Å². The molecule has 0 aromatic carbocycles. The number of pyridine rings is 1. The van der Waals surface area contributed by atoms with Gasteiger partial charge in [0.15, 0.2) is 0 Å². The van der Waals surface area contributed by atoms with Crippen molar-refractivity contribution in [2.75, 3.05) is 13.1 Å². The van der Waals surface area contributed by atoms with Crippen LogP contribution in [0.1, 0.15) is 6.92 Å². The Bertz CT molecular complexity index is 456. The highest BCUT2D eigenvalue weighted by atomic mass is 35.5. The number of hydrogen-bond donors (Lipinski definition) is 1. The highest BCUT2D eigenvalue weighted by Gasteiger charge is 2.35. The van der Waals surface area contributed by atoms with Crippen LogP contribution in [0.3, 0.4) is 0 Å². The summed E-state index contributed by atoms with van der Waals surface area (Å²) in [6.45, 7) is 2.83. The molecule has 17 heavy (non-hydrogen) atoms. The molecule has 1 aliphatic rings. The molecule has 0 amide bonds. The first kappa shape index (κ1) is 14.4. The maximum Gasteiger partial charge on any atom is 0.244 e. The molecule has 1 aromatic heterocycles. The van der Waals surface area contributed by atoms with Crippen molar-refractivity contribution in [2.24, 2.45) is 11.7 Å². The molecule has 2 unspecified atom stereocenters. The number of nitrogens with two attached hydrogens (primary N) is 1. The Balaban J connectivity index is 0.00000144. The molecule has 1 saturated heterocycles. The first-order chi connectivity index (χ1) is 7.51. The maximum atomic E-state index is 12.2. The summed E-state index contributed by atoms with van der Waals surface area (Å²) in [4.78, 5) is 4.06. The molecule has 0 aliphatic carbocycles. The van der Waals surface area contributed by atoms with E-state index in [1.165, 1.54) is 10.5 Å². The van der Waals surface area contributed by atoms with Crippen LogP contribution in [0.4, 0.5) is 0 Å². The fraction of sp³-hybridized carbons (Fsp3) is 0.500. The molecule has 5 nitrogen and oxygen atoms in total.